The minimum atomic E-state index is 0.489. The van der Waals surface area contributed by atoms with E-state index in [9.17, 15) is 0 Å². The normalized spacial score (nSPS) is 11.1. The first-order chi connectivity index (χ1) is 12.2. The Morgan fingerprint density at radius 3 is 2.76 bits per heavy atom. The molecule has 0 radical (unpaired) electrons. The molecule has 0 aliphatic heterocycles. The van der Waals surface area contributed by atoms with Crippen LogP contribution in [0, 0.1) is 6.92 Å². The Bertz CT molecular complexity index is 986. The molecule has 0 saturated heterocycles. The number of hydrogen-bond donors (Lipinski definition) is 0. The van der Waals surface area contributed by atoms with Crippen LogP contribution >= 0.6 is 11.3 Å². The summed E-state index contributed by atoms with van der Waals surface area (Å²) >= 11 is 1.68. The summed E-state index contributed by atoms with van der Waals surface area (Å²) in [6.07, 6.45) is 2.01. The number of aryl methyl sites for hydroxylation is 2. The van der Waals surface area contributed by atoms with Gasteiger partial charge in [-0.1, -0.05) is 12.1 Å². The molecule has 25 heavy (non-hydrogen) atoms. The predicted octanol–water partition coefficient (Wildman–Crippen LogP) is 5.07. The first kappa shape index (κ1) is 15.8. The molecule has 0 N–H and O–H groups in total. The molecule has 0 aliphatic rings. The Hall–Kier alpha value is -2.66. The van der Waals surface area contributed by atoms with Crippen molar-refractivity contribution in [3.8, 4) is 17.0 Å². The van der Waals surface area contributed by atoms with E-state index in [0.29, 0.717) is 6.61 Å². The number of aromatic nitrogens is 3. The molecule has 0 fully saturated rings. The van der Waals surface area contributed by atoms with Crippen molar-refractivity contribution in [2.45, 2.75) is 27.0 Å². The van der Waals surface area contributed by atoms with Crippen molar-refractivity contribution in [1.82, 2.24) is 14.8 Å². The first-order valence-electron chi connectivity index (χ1n) is 8.34. The van der Waals surface area contributed by atoms with Crippen LogP contribution in [0.2, 0.25) is 0 Å². The van der Waals surface area contributed by atoms with Crippen LogP contribution in [-0.2, 0) is 13.2 Å². The van der Waals surface area contributed by atoms with Crippen LogP contribution in [0.5, 0.6) is 5.75 Å². The largest absolute Gasteiger partial charge is 0.486 e. The van der Waals surface area contributed by atoms with Gasteiger partial charge in [-0.15, -0.1) is 11.3 Å². The van der Waals surface area contributed by atoms with Crippen LogP contribution in [0.3, 0.4) is 0 Å². The predicted molar refractivity (Wildman–Crippen MR) is 102 cm³/mol. The second kappa shape index (κ2) is 6.69. The number of nitrogens with zero attached hydrogens (tertiary/aromatic N) is 3. The van der Waals surface area contributed by atoms with Gasteiger partial charge in [0.05, 0.1) is 15.9 Å². The first-order valence-corrected chi connectivity index (χ1v) is 9.16. The number of hydrogen-bond acceptors (Lipinski definition) is 4. The van der Waals surface area contributed by atoms with Gasteiger partial charge in [0.2, 0.25) is 0 Å². The third kappa shape index (κ3) is 3.28. The Morgan fingerprint density at radius 2 is 2.00 bits per heavy atom. The maximum Gasteiger partial charge on any atom is 0.140 e. The number of thiazole rings is 1. The SMILES string of the molecule is CCn1ccc(-c2ccc(OCc3nc4ccccc4s3)cc2C)n1. The van der Waals surface area contributed by atoms with Crippen molar-refractivity contribution in [1.29, 1.82) is 0 Å². The Morgan fingerprint density at radius 1 is 1.12 bits per heavy atom. The summed E-state index contributed by atoms with van der Waals surface area (Å²) in [6, 6.07) is 16.4. The highest BCUT2D eigenvalue weighted by atomic mass is 32.1. The molecule has 2 heterocycles. The highest BCUT2D eigenvalue weighted by Crippen LogP contribution is 2.27. The van der Waals surface area contributed by atoms with Crippen molar-refractivity contribution >= 4 is 21.6 Å². The van der Waals surface area contributed by atoms with E-state index in [0.717, 1.165) is 39.6 Å². The van der Waals surface area contributed by atoms with E-state index < -0.39 is 0 Å². The van der Waals surface area contributed by atoms with Gasteiger partial charge >= 0.3 is 0 Å². The molecule has 2 aromatic heterocycles. The van der Waals surface area contributed by atoms with E-state index in [1.807, 2.05) is 41.2 Å². The van der Waals surface area contributed by atoms with Gasteiger partial charge in [0.15, 0.2) is 0 Å². The molecule has 0 saturated carbocycles. The Balaban J connectivity index is 1.50. The summed E-state index contributed by atoms with van der Waals surface area (Å²) in [5.41, 5.74) is 4.32. The molecular weight excluding hydrogens is 330 g/mol. The lowest BCUT2D eigenvalue weighted by atomic mass is 10.1. The van der Waals surface area contributed by atoms with Crippen LogP contribution in [0.25, 0.3) is 21.5 Å². The minimum Gasteiger partial charge on any atom is -0.486 e. The fraction of sp³-hybridized carbons (Fsp3) is 0.200. The lowest BCUT2D eigenvalue weighted by molar-refractivity contribution is 0.305. The number of benzene rings is 2. The molecule has 4 aromatic rings. The molecule has 0 amide bonds. The van der Waals surface area contributed by atoms with E-state index in [1.54, 1.807) is 11.3 Å². The number of para-hydroxylation sites is 1. The van der Waals surface area contributed by atoms with E-state index in [4.69, 9.17) is 4.74 Å². The maximum atomic E-state index is 5.94. The Labute approximate surface area is 150 Å². The Kier molecular flexibility index (Phi) is 4.24. The summed E-state index contributed by atoms with van der Waals surface area (Å²) in [7, 11) is 0. The van der Waals surface area contributed by atoms with Gasteiger partial charge in [0.1, 0.15) is 17.4 Å². The average molecular weight is 349 g/mol. The van der Waals surface area contributed by atoms with Gasteiger partial charge in [0, 0.05) is 18.3 Å². The lowest BCUT2D eigenvalue weighted by Crippen LogP contribution is -1.96. The molecule has 2 aromatic carbocycles. The summed E-state index contributed by atoms with van der Waals surface area (Å²) in [6.45, 7) is 5.54. The second-order valence-electron chi connectivity index (χ2n) is 5.90. The molecule has 126 valence electrons. The number of ether oxygens (including phenoxy) is 1. The maximum absolute atomic E-state index is 5.94. The summed E-state index contributed by atoms with van der Waals surface area (Å²) in [4.78, 5) is 4.61. The van der Waals surface area contributed by atoms with Gasteiger partial charge in [-0.05, 0) is 55.8 Å². The monoisotopic (exact) mass is 349 g/mol. The van der Waals surface area contributed by atoms with E-state index in [1.165, 1.54) is 4.70 Å². The van der Waals surface area contributed by atoms with Crippen LogP contribution in [0.4, 0.5) is 0 Å². The van der Waals surface area contributed by atoms with Crippen molar-refractivity contribution in [2.24, 2.45) is 0 Å². The highest BCUT2D eigenvalue weighted by molar-refractivity contribution is 7.18. The zero-order chi connectivity index (χ0) is 17.2. The third-order valence-electron chi connectivity index (χ3n) is 4.14. The van der Waals surface area contributed by atoms with E-state index >= 15 is 0 Å². The van der Waals surface area contributed by atoms with Crippen molar-refractivity contribution < 1.29 is 4.74 Å². The lowest BCUT2D eigenvalue weighted by Gasteiger charge is -2.08. The average Bonchev–Trinajstić information content (AvgIpc) is 3.26. The quantitative estimate of drug-likeness (QED) is 0.505. The zero-order valence-electron chi connectivity index (χ0n) is 14.3. The minimum absolute atomic E-state index is 0.489. The second-order valence-corrected chi connectivity index (χ2v) is 7.01. The number of fused-ring (bicyclic) bond motifs is 1. The number of rotatable bonds is 5. The topological polar surface area (TPSA) is 39.9 Å². The van der Waals surface area contributed by atoms with Crippen LogP contribution in [0.1, 0.15) is 17.5 Å². The smallest absolute Gasteiger partial charge is 0.140 e. The molecule has 4 rings (SSSR count). The van der Waals surface area contributed by atoms with Gasteiger partial charge in [-0.25, -0.2) is 4.98 Å². The molecule has 0 spiro atoms. The van der Waals surface area contributed by atoms with Gasteiger partial charge in [-0.2, -0.15) is 5.10 Å². The van der Waals surface area contributed by atoms with Gasteiger partial charge in [-0.3, -0.25) is 4.68 Å². The van der Waals surface area contributed by atoms with Gasteiger partial charge in [0.25, 0.3) is 0 Å². The van der Waals surface area contributed by atoms with Crippen LogP contribution in [-0.4, -0.2) is 14.8 Å². The fourth-order valence-electron chi connectivity index (χ4n) is 2.82. The molecule has 0 atom stereocenters. The van der Waals surface area contributed by atoms with Crippen LogP contribution in [0.15, 0.2) is 54.7 Å². The summed E-state index contributed by atoms with van der Waals surface area (Å²) in [5, 5.41) is 5.57. The fourth-order valence-corrected chi connectivity index (χ4v) is 3.70. The van der Waals surface area contributed by atoms with Crippen molar-refractivity contribution in [3.63, 3.8) is 0 Å². The van der Waals surface area contributed by atoms with Gasteiger partial charge < -0.3 is 4.74 Å². The van der Waals surface area contributed by atoms with E-state index in [-0.39, 0.29) is 0 Å². The van der Waals surface area contributed by atoms with Crippen molar-refractivity contribution in [3.05, 3.63) is 65.3 Å². The standard InChI is InChI=1S/C20H19N3OS/c1-3-23-11-10-17(22-23)16-9-8-15(12-14(16)2)24-13-20-21-18-6-4-5-7-19(18)25-20/h4-12H,3,13H2,1-2H3. The molecule has 0 bridgehead atoms. The summed E-state index contributed by atoms with van der Waals surface area (Å²) in [5.74, 6) is 0.857. The third-order valence-corrected chi connectivity index (χ3v) is 5.15. The summed E-state index contributed by atoms with van der Waals surface area (Å²) < 4.78 is 9.07. The molecule has 4 nitrogen and oxygen atoms in total. The molecule has 0 aliphatic carbocycles. The zero-order valence-corrected chi connectivity index (χ0v) is 15.1. The van der Waals surface area contributed by atoms with Crippen molar-refractivity contribution in [2.75, 3.05) is 0 Å². The highest BCUT2D eigenvalue weighted by Gasteiger charge is 2.08. The van der Waals surface area contributed by atoms with Crippen LogP contribution < -0.4 is 4.74 Å². The molecule has 0 unspecified atom stereocenters. The van der Waals surface area contributed by atoms with E-state index in [2.05, 4.69) is 42.1 Å². The molecule has 5 heteroatoms. The molecular formula is C20H19N3OS.